The quantitative estimate of drug-likeness (QED) is 0.754. The van der Waals surface area contributed by atoms with Crippen LogP contribution in [0.15, 0.2) is 36.4 Å². The number of hydrogen-bond donors (Lipinski definition) is 1. The van der Waals surface area contributed by atoms with Crippen molar-refractivity contribution >= 4 is 10.8 Å². The Kier molecular flexibility index (Phi) is 1.65. The second-order valence-electron chi connectivity index (χ2n) is 4.36. The lowest BCUT2D eigenvalue weighted by atomic mass is 10.0. The third-order valence-corrected chi connectivity index (χ3v) is 3.17. The van der Waals surface area contributed by atoms with Gasteiger partial charge in [-0.25, -0.2) is 4.39 Å². The topological polar surface area (TPSA) is 26.0 Å². The maximum atomic E-state index is 13.0. The molecule has 1 aliphatic rings. The van der Waals surface area contributed by atoms with Crippen molar-refractivity contribution in [2.24, 2.45) is 5.73 Å². The molecule has 3 rings (SSSR count). The summed E-state index contributed by atoms with van der Waals surface area (Å²) in [6.45, 7) is 0. The first-order valence-electron chi connectivity index (χ1n) is 5.16. The molecule has 0 atom stereocenters. The van der Waals surface area contributed by atoms with E-state index in [0.717, 1.165) is 29.2 Å². The molecule has 0 amide bonds. The number of halogens is 1. The molecule has 76 valence electrons. The van der Waals surface area contributed by atoms with Crippen LogP contribution in [0.25, 0.3) is 10.8 Å². The standard InChI is InChI=1S/C13H12FN/c14-12-4-2-9-1-3-11(7-10(9)8-12)13(15)5-6-13/h1-4,7-8H,5-6,15H2. The normalized spacial score (nSPS) is 18.0. The van der Waals surface area contributed by atoms with Crippen LogP contribution in [-0.2, 0) is 5.54 Å². The van der Waals surface area contributed by atoms with E-state index in [1.807, 2.05) is 18.2 Å². The molecular formula is C13H12FN. The number of nitrogens with two attached hydrogens (primary N) is 1. The molecule has 0 heterocycles. The summed E-state index contributed by atoms with van der Waals surface area (Å²) in [7, 11) is 0. The van der Waals surface area contributed by atoms with Crippen molar-refractivity contribution in [3.63, 3.8) is 0 Å². The third-order valence-electron chi connectivity index (χ3n) is 3.17. The summed E-state index contributed by atoms with van der Waals surface area (Å²) in [4.78, 5) is 0. The number of benzene rings is 2. The monoisotopic (exact) mass is 201 g/mol. The minimum Gasteiger partial charge on any atom is -0.321 e. The lowest BCUT2D eigenvalue weighted by Gasteiger charge is -2.09. The van der Waals surface area contributed by atoms with Gasteiger partial charge in [0.2, 0.25) is 0 Å². The Morgan fingerprint density at radius 1 is 1.00 bits per heavy atom. The van der Waals surface area contributed by atoms with E-state index < -0.39 is 0 Å². The van der Waals surface area contributed by atoms with E-state index >= 15 is 0 Å². The fourth-order valence-electron chi connectivity index (χ4n) is 1.95. The summed E-state index contributed by atoms with van der Waals surface area (Å²) in [5.41, 5.74) is 7.09. The van der Waals surface area contributed by atoms with E-state index in [0.29, 0.717) is 0 Å². The largest absolute Gasteiger partial charge is 0.321 e. The highest BCUT2D eigenvalue weighted by Gasteiger charge is 2.39. The first-order chi connectivity index (χ1) is 7.17. The lowest BCUT2D eigenvalue weighted by Crippen LogP contribution is -2.18. The van der Waals surface area contributed by atoms with Gasteiger partial charge in [-0.2, -0.15) is 0 Å². The highest BCUT2D eigenvalue weighted by Crippen LogP contribution is 2.43. The Hall–Kier alpha value is -1.41. The second-order valence-corrected chi connectivity index (χ2v) is 4.36. The first kappa shape index (κ1) is 8.86. The van der Waals surface area contributed by atoms with Gasteiger partial charge < -0.3 is 5.73 Å². The average Bonchev–Trinajstić information content (AvgIpc) is 2.97. The summed E-state index contributed by atoms with van der Waals surface area (Å²) in [5.74, 6) is -0.193. The molecule has 0 bridgehead atoms. The van der Waals surface area contributed by atoms with Crippen LogP contribution < -0.4 is 5.73 Å². The summed E-state index contributed by atoms with van der Waals surface area (Å²) < 4.78 is 13.0. The molecule has 2 aromatic rings. The Morgan fingerprint density at radius 2 is 1.73 bits per heavy atom. The van der Waals surface area contributed by atoms with Gasteiger partial charge in [0.15, 0.2) is 0 Å². The fourth-order valence-corrected chi connectivity index (χ4v) is 1.95. The summed E-state index contributed by atoms with van der Waals surface area (Å²) in [6, 6.07) is 10.9. The molecule has 0 aromatic heterocycles. The molecule has 15 heavy (non-hydrogen) atoms. The van der Waals surface area contributed by atoms with E-state index in [4.69, 9.17) is 5.73 Å². The van der Waals surface area contributed by atoms with Gasteiger partial charge in [0.1, 0.15) is 5.82 Å². The molecular weight excluding hydrogens is 189 g/mol. The predicted octanol–water partition coefficient (Wildman–Crippen LogP) is 2.93. The molecule has 1 fully saturated rings. The van der Waals surface area contributed by atoms with Gasteiger partial charge in [-0.15, -0.1) is 0 Å². The van der Waals surface area contributed by atoms with Crippen LogP contribution in [0.5, 0.6) is 0 Å². The van der Waals surface area contributed by atoms with Crippen molar-refractivity contribution in [3.05, 3.63) is 47.8 Å². The van der Waals surface area contributed by atoms with E-state index in [1.165, 1.54) is 6.07 Å². The molecule has 1 aliphatic carbocycles. The minimum absolute atomic E-state index is 0.138. The highest BCUT2D eigenvalue weighted by molar-refractivity contribution is 5.83. The smallest absolute Gasteiger partial charge is 0.123 e. The average molecular weight is 201 g/mol. The van der Waals surface area contributed by atoms with Crippen molar-refractivity contribution in [1.82, 2.24) is 0 Å². The van der Waals surface area contributed by atoms with Crippen molar-refractivity contribution in [3.8, 4) is 0 Å². The van der Waals surface area contributed by atoms with Crippen LogP contribution in [0.3, 0.4) is 0 Å². The van der Waals surface area contributed by atoms with Gasteiger partial charge >= 0.3 is 0 Å². The molecule has 2 N–H and O–H groups in total. The third kappa shape index (κ3) is 1.41. The number of hydrogen-bond acceptors (Lipinski definition) is 1. The minimum atomic E-state index is -0.193. The molecule has 2 aromatic carbocycles. The molecule has 2 heteroatoms. The second kappa shape index (κ2) is 2.80. The van der Waals surface area contributed by atoms with Gasteiger partial charge in [-0.1, -0.05) is 18.2 Å². The summed E-state index contributed by atoms with van der Waals surface area (Å²) in [5, 5.41) is 1.99. The van der Waals surface area contributed by atoms with Crippen molar-refractivity contribution < 1.29 is 4.39 Å². The Labute approximate surface area is 87.7 Å². The Morgan fingerprint density at radius 3 is 2.47 bits per heavy atom. The maximum Gasteiger partial charge on any atom is 0.123 e. The van der Waals surface area contributed by atoms with Crippen LogP contribution in [-0.4, -0.2) is 0 Å². The number of fused-ring (bicyclic) bond motifs is 1. The van der Waals surface area contributed by atoms with Gasteiger partial charge in [-0.05, 0) is 47.4 Å². The van der Waals surface area contributed by atoms with Crippen LogP contribution in [0.1, 0.15) is 18.4 Å². The molecule has 0 saturated heterocycles. The zero-order chi connectivity index (χ0) is 10.5. The highest BCUT2D eigenvalue weighted by atomic mass is 19.1. The van der Waals surface area contributed by atoms with Gasteiger partial charge in [0.05, 0.1) is 0 Å². The SMILES string of the molecule is NC1(c2ccc3ccc(F)cc3c2)CC1. The molecule has 0 aliphatic heterocycles. The van der Waals surface area contributed by atoms with Crippen molar-refractivity contribution in [1.29, 1.82) is 0 Å². The van der Waals surface area contributed by atoms with Crippen molar-refractivity contribution in [2.45, 2.75) is 18.4 Å². The van der Waals surface area contributed by atoms with Crippen LogP contribution in [0.4, 0.5) is 4.39 Å². The molecule has 1 saturated carbocycles. The van der Waals surface area contributed by atoms with Crippen LogP contribution in [0.2, 0.25) is 0 Å². The Balaban J connectivity index is 2.20. The summed E-state index contributed by atoms with van der Waals surface area (Å²) >= 11 is 0. The van der Waals surface area contributed by atoms with Crippen LogP contribution >= 0.6 is 0 Å². The van der Waals surface area contributed by atoms with Gasteiger partial charge in [0.25, 0.3) is 0 Å². The van der Waals surface area contributed by atoms with E-state index in [9.17, 15) is 4.39 Å². The molecule has 1 nitrogen and oxygen atoms in total. The van der Waals surface area contributed by atoms with Gasteiger partial charge in [0, 0.05) is 5.54 Å². The van der Waals surface area contributed by atoms with E-state index in [-0.39, 0.29) is 11.4 Å². The van der Waals surface area contributed by atoms with Gasteiger partial charge in [-0.3, -0.25) is 0 Å². The maximum absolute atomic E-state index is 13.0. The molecule has 0 spiro atoms. The number of rotatable bonds is 1. The lowest BCUT2D eigenvalue weighted by molar-refractivity contribution is 0.629. The first-order valence-corrected chi connectivity index (χ1v) is 5.16. The zero-order valence-corrected chi connectivity index (χ0v) is 8.33. The van der Waals surface area contributed by atoms with Crippen LogP contribution in [0, 0.1) is 5.82 Å². The summed E-state index contributed by atoms with van der Waals surface area (Å²) in [6.07, 6.45) is 2.07. The zero-order valence-electron chi connectivity index (χ0n) is 8.33. The van der Waals surface area contributed by atoms with E-state index in [1.54, 1.807) is 12.1 Å². The van der Waals surface area contributed by atoms with E-state index in [2.05, 4.69) is 0 Å². The molecule has 0 unspecified atom stereocenters. The fraction of sp³-hybridized carbons (Fsp3) is 0.231. The predicted molar refractivity (Wildman–Crippen MR) is 59.0 cm³/mol. The van der Waals surface area contributed by atoms with Crippen molar-refractivity contribution in [2.75, 3.05) is 0 Å². The molecule has 0 radical (unpaired) electrons. The Bertz CT molecular complexity index is 529.